The van der Waals surface area contributed by atoms with Crippen LogP contribution in [0, 0.1) is 0 Å². The van der Waals surface area contributed by atoms with E-state index in [-0.39, 0.29) is 22.0 Å². The minimum Gasteiger partial charge on any atom is -0.364 e. The quantitative estimate of drug-likeness (QED) is 0.892. The number of benzene rings is 1. The van der Waals surface area contributed by atoms with Gasteiger partial charge in [0.2, 0.25) is 0 Å². The highest BCUT2D eigenvalue weighted by molar-refractivity contribution is 6.33. The van der Waals surface area contributed by atoms with Gasteiger partial charge in [-0.15, -0.1) is 0 Å². The zero-order valence-corrected chi connectivity index (χ0v) is 10.0. The number of rotatable bonds is 2. The molecule has 8 heteroatoms. The van der Waals surface area contributed by atoms with Crippen molar-refractivity contribution in [2.75, 3.05) is 0 Å². The summed E-state index contributed by atoms with van der Waals surface area (Å²) in [5.74, 6) is -0.721. The number of nitrogens with zero attached hydrogens (tertiary/aromatic N) is 1. The third-order valence-electron chi connectivity index (χ3n) is 2.42. The average Bonchev–Trinajstić information content (AvgIpc) is 2.76. The largest absolute Gasteiger partial charge is 0.416 e. The van der Waals surface area contributed by atoms with E-state index >= 15 is 0 Å². The van der Waals surface area contributed by atoms with Crippen LogP contribution in [0.15, 0.2) is 24.3 Å². The molecule has 0 unspecified atom stereocenters. The highest BCUT2D eigenvalue weighted by atomic mass is 35.5. The third-order valence-corrected chi connectivity index (χ3v) is 2.73. The number of alkyl halides is 3. The van der Waals surface area contributed by atoms with Crippen LogP contribution in [0.2, 0.25) is 5.02 Å². The van der Waals surface area contributed by atoms with Crippen molar-refractivity contribution in [1.29, 1.82) is 0 Å². The molecule has 1 aromatic carbocycles. The van der Waals surface area contributed by atoms with Crippen molar-refractivity contribution in [3.8, 4) is 11.3 Å². The number of carbonyl (C=O) groups is 1. The lowest BCUT2D eigenvalue weighted by Gasteiger charge is -2.08. The average molecular weight is 290 g/mol. The Morgan fingerprint density at radius 3 is 2.47 bits per heavy atom. The first-order valence-corrected chi connectivity index (χ1v) is 5.39. The second kappa shape index (κ2) is 4.58. The molecule has 0 atom stereocenters. The molecule has 1 aromatic heterocycles. The molecule has 2 aromatic rings. The molecule has 0 aliphatic carbocycles. The minimum atomic E-state index is -4.47. The maximum atomic E-state index is 12.5. The number of primary amides is 1. The molecule has 3 N–H and O–H groups in total. The van der Waals surface area contributed by atoms with Crippen LogP contribution >= 0.6 is 11.6 Å². The Hall–Kier alpha value is -2.02. The minimum absolute atomic E-state index is 0.0472. The maximum absolute atomic E-state index is 12.5. The van der Waals surface area contributed by atoms with Crippen LogP contribution in [0.25, 0.3) is 11.3 Å². The highest BCUT2D eigenvalue weighted by Gasteiger charge is 2.31. The van der Waals surface area contributed by atoms with E-state index in [9.17, 15) is 18.0 Å². The molecule has 100 valence electrons. The molecule has 4 nitrogen and oxygen atoms in total. The first kappa shape index (κ1) is 13.4. The van der Waals surface area contributed by atoms with Gasteiger partial charge in [0.25, 0.3) is 5.91 Å². The molecule has 0 fully saturated rings. The summed E-state index contributed by atoms with van der Waals surface area (Å²) < 4.78 is 37.4. The normalized spacial score (nSPS) is 11.6. The van der Waals surface area contributed by atoms with Crippen LogP contribution in [-0.4, -0.2) is 16.1 Å². The molecule has 0 radical (unpaired) electrons. The lowest BCUT2D eigenvalue weighted by molar-refractivity contribution is -0.137. The van der Waals surface area contributed by atoms with Crippen molar-refractivity contribution in [1.82, 2.24) is 10.2 Å². The summed E-state index contributed by atoms with van der Waals surface area (Å²) in [5, 5.41) is 6.03. The zero-order valence-electron chi connectivity index (χ0n) is 9.25. The summed E-state index contributed by atoms with van der Waals surface area (Å²) in [5.41, 5.74) is 4.74. The molecular weight excluding hydrogens is 283 g/mol. The van der Waals surface area contributed by atoms with E-state index in [4.69, 9.17) is 17.3 Å². The fourth-order valence-electron chi connectivity index (χ4n) is 1.49. The molecule has 2 rings (SSSR count). The zero-order chi connectivity index (χ0) is 14.2. The van der Waals surface area contributed by atoms with Gasteiger partial charge in [-0.1, -0.05) is 17.7 Å². The number of carbonyl (C=O) groups excluding carboxylic acids is 1. The fourth-order valence-corrected chi connectivity index (χ4v) is 1.76. The molecule has 0 bridgehead atoms. The molecule has 0 saturated heterocycles. The highest BCUT2D eigenvalue weighted by Crippen LogP contribution is 2.35. The predicted molar refractivity (Wildman–Crippen MR) is 62.6 cm³/mol. The van der Waals surface area contributed by atoms with Crippen LogP contribution in [0.3, 0.4) is 0 Å². The van der Waals surface area contributed by atoms with E-state index in [2.05, 4.69) is 10.2 Å². The van der Waals surface area contributed by atoms with Gasteiger partial charge in [0.05, 0.1) is 16.3 Å². The third kappa shape index (κ3) is 2.70. The molecule has 19 heavy (non-hydrogen) atoms. The van der Waals surface area contributed by atoms with Gasteiger partial charge in [0.1, 0.15) is 5.69 Å². The number of hydrogen-bond donors (Lipinski definition) is 2. The Morgan fingerprint density at radius 1 is 1.32 bits per heavy atom. The number of nitrogens with two attached hydrogens (primary N) is 1. The summed E-state index contributed by atoms with van der Waals surface area (Å²) in [7, 11) is 0. The predicted octanol–water partition coefficient (Wildman–Crippen LogP) is 2.85. The summed E-state index contributed by atoms with van der Waals surface area (Å²) in [6.07, 6.45) is -4.47. The first-order chi connectivity index (χ1) is 8.79. The Labute approximate surface area is 110 Å². The molecule has 0 spiro atoms. The summed E-state index contributed by atoms with van der Waals surface area (Å²) in [4.78, 5) is 10.9. The molecular formula is C11H7ClF3N3O. The van der Waals surface area contributed by atoms with Crippen LogP contribution in [0.4, 0.5) is 13.2 Å². The Balaban J connectivity index is 2.43. The molecule has 1 amide bonds. The van der Waals surface area contributed by atoms with Crippen molar-refractivity contribution in [3.05, 3.63) is 40.5 Å². The molecule has 0 saturated carbocycles. The van der Waals surface area contributed by atoms with Gasteiger partial charge in [-0.3, -0.25) is 9.89 Å². The number of aromatic nitrogens is 2. The summed E-state index contributed by atoms with van der Waals surface area (Å²) in [6.45, 7) is 0. The summed E-state index contributed by atoms with van der Waals surface area (Å²) in [6, 6.07) is 4.19. The second-order valence-corrected chi connectivity index (χ2v) is 4.13. The first-order valence-electron chi connectivity index (χ1n) is 5.01. The van der Waals surface area contributed by atoms with E-state index in [1.54, 1.807) is 0 Å². The van der Waals surface area contributed by atoms with Gasteiger partial charge >= 0.3 is 6.18 Å². The number of H-pyrrole nitrogens is 1. The maximum Gasteiger partial charge on any atom is 0.416 e. The smallest absolute Gasteiger partial charge is 0.364 e. The van der Waals surface area contributed by atoms with Crippen LogP contribution in [0.5, 0.6) is 0 Å². The van der Waals surface area contributed by atoms with E-state index in [1.165, 1.54) is 12.1 Å². The van der Waals surface area contributed by atoms with E-state index in [0.717, 1.165) is 12.1 Å². The Morgan fingerprint density at radius 2 is 2.00 bits per heavy atom. The standard InChI is InChI=1S/C11H7ClF3N3O/c12-7-3-5(11(13,14)15)1-2-6(7)8-4-9(10(16)19)18-17-8/h1-4H,(H2,16,19)(H,17,18). The number of nitrogens with one attached hydrogen (secondary N) is 1. The lowest BCUT2D eigenvalue weighted by Crippen LogP contribution is -2.10. The molecule has 0 aliphatic heterocycles. The van der Waals surface area contributed by atoms with Gasteiger partial charge < -0.3 is 5.73 Å². The Kier molecular flexibility index (Phi) is 3.23. The SMILES string of the molecule is NC(=O)c1cc(-c2ccc(C(F)(F)F)cc2Cl)n[nH]1. The number of halogens is 4. The van der Waals surface area contributed by atoms with Crippen LogP contribution < -0.4 is 5.73 Å². The Bertz CT molecular complexity index is 636. The topological polar surface area (TPSA) is 71.8 Å². The lowest BCUT2D eigenvalue weighted by atomic mass is 10.1. The second-order valence-electron chi connectivity index (χ2n) is 3.72. The molecule has 0 aliphatic rings. The van der Waals surface area contributed by atoms with Crippen molar-refractivity contribution in [2.24, 2.45) is 5.73 Å². The van der Waals surface area contributed by atoms with Crippen molar-refractivity contribution in [3.63, 3.8) is 0 Å². The van der Waals surface area contributed by atoms with Gasteiger partial charge in [-0.25, -0.2) is 0 Å². The summed E-state index contributed by atoms with van der Waals surface area (Å²) >= 11 is 5.79. The van der Waals surface area contributed by atoms with Crippen LogP contribution in [0.1, 0.15) is 16.1 Å². The van der Waals surface area contributed by atoms with Crippen molar-refractivity contribution in [2.45, 2.75) is 6.18 Å². The van der Waals surface area contributed by atoms with Gasteiger partial charge in [0, 0.05) is 5.56 Å². The number of aromatic amines is 1. The van der Waals surface area contributed by atoms with Gasteiger partial charge in [0.15, 0.2) is 0 Å². The van der Waals surface area contributed by atoms with Gasteiger partial charge in [-0.2, -0.15) is 18.3 Å². The van der Waals surface area contributed by atoms with E-state index in [0.29, 0.717) is 0 Å². The number of amides is 1. The van der Waals surface area contributed by atoms with Crippen molar-refractivity contribution >= 4 is 17.5 Å². The van der Waals surface area contributed by atoms with Gasteiger partial charge in [-0.05, 0) is 18.2 Å². The monoisotopic (exact) mass is 289 g/mol. The van der Waals surface area contributed by atoms with Crippen molar-refractivity contribution < 1.29 is 18.0 Å². The number of hydrogen-bond acceptors (Lipinski definition) is 2. The molecule has 1 heterocycles. The van der Waals surface area contributed by atoms with E-state index < -0.39 is 17.6 Å². The van der Waals surface area contributed by atoms with E-state index in [1.807, 2.05) is 0 Å². The fraction of sp³-hybridized carbons (Fsp3) is 0.0909. The van der Waals surface area contributed by atoms with Crippen LogP contribution in [-0.2, 0) is 6.18 Å².